The molecule has 0 bridgehead atoms. The van der Waals surface area contributed by atoms with Crippen LogP contribution in [-0.2, 0) is 11.2 Å². The number of nitrogens with zero attached hydrogens (tertiary/aromatic N) is 1. The number of hydrogen-bond donors (Lipinski definition) is 1. The number of likely N-dealkylation sites (tertiary alicyclic amines) is 1. The molecule has 5 heteroatoms. The molecule has 5 atom stereocenters. The van der Waals surface area contributed by atoms with Crippen molar-refractivity contribution in [2.24, 2.45) is 28.6 Å². The van der Waals surface area contributed by atoms with Gasteiger partial charge in [0, 0.05) is 35.7 Å². The molecule has 0 spiro atoms. The Labute approximate surface area is 203 Å². The smallest absolute Gasteiger partial charge is 0.322 e. The second kappa shape index (κ2) is 8.20. The van der Waals surface area contributed by atoms with E-state index in [4.69, 9.17) is 0 Å². The van der Waals surface area contributed by atoms with Crippen LogP contribution in [0.15, 0.2) is 36.0 Å². The molecule has 34 heavy (non-hydrogen) atoms. The molecule has 1 saturated heterocycles. The van der Waals surface area contributed by atoms with Crippen molar-refractivity contribution >= 4 is 11.8 Å². The lowest BCUT2D eigenvalue weighted by Gasteiger charge is -2.59. The molecule has 1 heterocycles. The zero-order chi connectivity index (χ0) is 24.3. The fourth-order valence-electron chi connectivity index (χ4n) is 8.00. The first-order valence-electron chi connectivity index (χ1n) is 13.1. The summed E-state index contributed by atoms with van der Waals surface area (Å²) in [4.78, 5) is 28.2. The summed E-state index contributed by atoms with van der Waals surface area (Å²) in [5, 5.41) is 3.26. The van der Waals surface area contributed by atoms with Crippen LogP contribution in [0.2, 0.25) is 0 Å². The number of carbonyl (C=O) groups excluding carboxylic acids is 2. The highest BCUT2D eigenvalue weighted by atomic mass is 19.1. The maximum atomic E-state index is 13.8. The van der Waals surface area contributed by atoms with Crippen molar-refractivity contribution < 1.29 is 14.0 Å². The van der Waals surface area contributed by atoms with Gasteiger partial charge in [-0.3, -0.25) is 9.69 Å². The van der Waals surface area contributed by atoms with E-state index in [2.05, 4.69) is 19.2 Å². The van der Waals surface area contributed by atoms with Crippen LogP contribution in [0.1, 0.15) is 78.2 Å². The Morgan fingerprint density at radius 1 is 1.12 bits per heavy atom. The maximum Gasteiger partial charge on any atom is 0.322 e. The predicted molar refractivity (Wildman–Crippen MR) is 132 cm³/mol. The Morgan fingerprint density at radius 2 is 1.85 bits per heavy atom. The van der Waals surface area contributed by atoms with Crippen molar-refractivity contribution in [3.05, 3.63) is 47.4 Å². The van der Waals surface area contributed by atoms with Gasteiger partial charge in [-0.05, 0) is 93.2 Å². The van der Waals surface area contributed by atoms with E-state index in [0.29, 0.717) is 42.6 Å². The molecule has 1 aromatic rings. The van der Waals surface area contributed by atoms with Crippen molar-refractivity contribution in [1.29, 1.82) is 0 Å². The van der Waals surface area contributed by atoms with Gasteiger partial charge in [0.1, 0.15) is 5.82 Å². The molecule has 1 N–H and O–H groups in total. The van der Waals surface area contributed by atoms with E-state index in [1.807, 2.05) is 18.7 Å². The number of halogens is 1. The monoisotopic (exact) mass is 466 g/mol. The minimum atomic E-state index is -0.504. The van der Waals surface area contributed by atoms with Gasteiger partial charge in [-0.25, -0.2) is 9.18 Å². The summed E-state index contributed by atoms with van der Waals surface area (Å²) < 4.78 is 13.3. The van der Waals surface area contributed by atoms with E-state index >= 15 is 0 Å². The third kappa shape index (κ3) is 3.99. The Hall–Kier alpha value is -2.17. The summed E-state index contributed by atoms with van der Waals surface area (Å²) in [7, 11) is 0. The molecular weight excluding hydrogens is 427 g/mol. The third-order valence-electron chi connectivity index (χ3n) is 9.74. The highest BCUT2D eigenvalue weighted by Crippen LogP contribution is 2.63. The first-order chi connectivity index (χ1) is 16.0. The topological polar surface area (TPSA) is 49.4 Å². The number of ketones is 1. The number of fused-ring (bicyclic) bond motifs is 5. The number of carbonyl (C=O) groups is 2. The Bertz CT molecular complexity index is 1020. The van der Waals surface area contributed by atoms with Gasteiger partial charge in [-0.2, -0.15) is 0 Å². The Balaban J connectivity index is 1.42. The average molecular weight is 467 g/mol. The summed E-state index contributed by atoms with van der Waals surface area (Å²) in [6.07, 6.45) is 10.1. The van der Waals surface area contributed by atoms with Crippen molar-refractivity contribution in [3.8, 4) is 0 Å². The van der Waals surface area contributed by atoms with Crippen LogP contribution >= 0.6 is 0 Å². The van der Waals surface area contributed by atoms with Crippen LogP contribution < -0.4 is 5.32 Å². The quantitative estimate of drug-likeness (QED) is 0.572. The van der Waals surface area contributed by atoms with Gasteiger partial charge in [-0.1, -0.05) is 32.4 Å². The fraction of sp³-hybridized carbons (Fsp3) is 0.655. The van der Waals surface area contributed by atoms with Crippen LogP contribution in [0.4, 0.5) is 9.18 Å². The van der Waals surface area contributed by atoms with Crippen molar-refractivity contribution in [2.75, 3.05) is 6.54 Å². The Morgan fingerprint density at radius 3 is 2.59 bits per heavy atom. The first kappa shape index (κ1) is 23.6. The van der Waals surface area contributed by atoms with Crippen LogP contribution in [0, 0.1) is 34.4 Å². The lowest BCUT2D eigenvalue weighted by Crippen LogP contribution is -2.61. The second-order valence-corrected chi connectivity index (χ2v) is 12.6. The fourth-order valence-corrected chi connectivity index (χ4v) is 8.00. The van der Waals surface area contributed by atoms with E-state index in [1.165, 1.54) is 44.2 Å². The van der Waals surface area contributed by atoms with E-state index < -0.39 is 5.54 Å². The molecule has 184 valence electrons. The molecule has 0 radical (unpaired) electrons. The number of allylic oxidation sites excluding steroid dienone is 2. The van der Waals surface area contributed by atoms with E-state index in [-0.39, 0.29) is 23.0 Å². The van der Waals surface area contributed by atoms with Gasteiger partial charge in [0.15, 0.2) is 5.78 Å². The number of nitrogens with one attached hydrogen (secondary N) is 1. The van der Waals surface area contributed by atoms with Gasteiger partial charge in [0.25, 0.3) is 0 Å². The molecular formula is C29H39FN2O2. The zero-order valence-electron chi connectivity index (χ0n) is 21.1. The highest BCUT2D eigenvalue weighted by molar-refractivity contribution is 5.92. The number of rotatable bonds is 3. The molecule has 0 unspecified atom stereocenters. The number of piperidine rings is 1. The molecule has 4 aliphatic rings. The van der Waals surface area contributed by atoms with Gasteiger partial charge in [0.05, 0.1) is 0 Å². The van der Waals surface area contributed by atoms with E-state index in [1.54, 1.807) is 18.2 Å². The summed E-state index contributed by atoms with van der Waals surface area (Å²) in [5.41, 5.74) is 1.68. The Kier molecular flexibility index (Phi) is 5.69. The largest absolute Gasteiger partial charge is 0.332 e. The molecule has 4 nitrogen and oxygen atoms in total. The molecule has 1 aliphatic heterocycles. The molecule has 5 rings (SSSR count). The minimum absolute atomic E-state index is 0.108. The average Bonchev–Trinajstić information content (AvgIpc) is 3.17. The number of hydrogen-bond acceptors (Lipinski definition) is 2. The SMILES string of the molecule is CC(C)(Cc1ccc(F)cc1)NC(=O)N1C[C@H]2[C@@H]3CCC[C@@]3(C)CC[C@@H]2[C@@]2(C)CCC(=O)C=C12. The van der Waals surface area contributed by atoms with Crippen LogP contribution in [0.25, 0.3) is 0 Å². The summed E-state index contributed by atoms with van der Waals surface area (Å²) in [6, 6.07) is 6.37. The summed E-state index contributed by atoms with van der Waals surface area (Å²) >= 11 is 0. The highest BCUT2D eigenvalue weighted by Gasteiger charge is 2.59. The normalized spacial score (nSPS) is 35.2. The zero-order valence-corrected chi connectivity index (χ0v) is 21.1. The standard InChI is InChI=1S/C29H39FN2O2/c1-27(2,17-19-7-9-20(30)10-8-19)31-26(34)32-18-22-23-6-5-13-28(23,3)14-12-24(22)29(4)15-11-21(33)16-25(29)32/h7-10,16,22-24H,5-6,11-15,17-18H2,1-4H3,(H,31,34)/t22-,23-,24-,28-,29+/m0/s1. The summed E-state index contributed by atoms with van der Waals surface area (Å²) in [6.45, 7) is 9.50. The molecule has 1 aromatic carbocycles. The van der Waals surface area contributed by atoms with E-state index in [9.17, 15) is 14.0 Å². The molecule has 3 fully saturated rings. The number of urea groups is 1. The molecule has 3 aliphatic carbocycles. The lowest BCUT2D eigenvalue weighted by atomic mass is 9.50. The predicted octanol–water partition coefficient (Wildman–Crippen LogP) is 6.26. The van der Waals surface area contributed by atoms with E-state index in [0.717, 1.165) is 17.7 Å². The lowest BCUT2D eigenvalue weighted by molar-refractivity contribution is -0.118. The first-order valence-corrected chi connectivity index (χ1v) is 13.1. The van der Waals surface area contributed by atoms with Crippen LogP contribution in [0.5, 0.6) is 0 Å². The number of benzene rings is 1. The van der Waals surface area contributed by atoms with Crippen molar-refractivity contribution in [3.63, 3.8) is 0 Å². The van der Waals surface area contributed by atoms with Crippen molar-refractivity contribution in [2.45, 2.75) is 84.6 Å². The minimum Gasteiger partial charge on any atom is -0.332 e. The van der Waals surface area contributed by atoms with Crippen molar-refractivity contribution in [1.82, 2.24) is 10.2 Å². The summed E-state index contributed by atoms with van der Waals surface area (Å²) in [5.74, 6) is 1.57. The van der Waals surface area contributed by atoms with Crippen LogP contribution in [-0.4, -0.2) is 28.8 Å². The van der Waals surface area contributed by atoms with Gasteiger partial charge in [0.2, 0.25) is 0 Å². The van der Waals surface area contributed by atoms with Gasteiger partial charge >= 0.3 is 6.03 Å². The third-order valence-corrected chi connectivity index (χ3v) is 9.74. The molecule has 0 aromatic heterocycles. The maximum absolute atomic E-state index is 13.8. The second-order valence-electron chi connectivity index (χ2n) is 12.6. The van der Waals surface area contributed by atoms with Crippen LogP contribution in [0.3, 0.4) is 0 Å². The number of amides is 2. The van der Waals surface area contributed by atoms with Gasteiger partial charge < -0.3 is 5.32 Å². The molecule has 2 saturated carbocycles. The van der Waals surface area contributed by atoms with Gasteiger partial charge in [-0.15, -0.1) is 0 Å². The molecule has 2 amide bonds.